The van der Waals surface area contributed by atoms with Crippen LogP contribution in [0.25, 0.3) is 0 Å². The number of aliphatic hydroxyl groups is 1. The number of piperidine rings is 1. The molecule has 1 fully saturated rings. The van der Waals surface area contributed by atoms with Crippen molar-refractivity contribution < 1.29 is 5.11 Å². The minimum atomic E-state index is 0.268. The summed E-state index contributed by atoms with van der Waals surface area (Å²) in [7, 11) is 0. The molecule has 1 rings (SSSR count). The van der Waals surface area contributed by atoms with Gasteiger partial charge in [0.2, 0.25) is 0 Å². The van der Waals surface area contributed by atoms with E-state index < -0.39 is 0 Å². The van der Waals surface area contributed by atoms with Gasteiger partial charge in [-0.15, -0.1) is 0 Å². The molecule has 1 saturated heterocycles. The van der Waals surface area contributed by atoms with Crippen molar-refractivity contribution in [3.05, 3.63) is 0 Å². The lowest BCUT2D eigenvalue weighted by Gasteiger charge is -2.35. The van der Waals surface area contributed by atoms with Crippen molar-refractivity contribution in [2.45, 2.75) is 50.4 Å². The van der Waals surface area contributed by atoms with Crippen LogP contribution in [0.5, 0.6) is 0 Å². The monoisotopic (exact) mass is 260 g/mol. The van der Waals surface area contributed by atoms with Gasteiger partial charge in [-0.05, 0) is 52.1 Å². The molecule has 0 aromatic rings. The molecule has 102 valence electrons. The fourth-order valence-corrected chi connectivity index (χ4v) is 3.19. The predicted molar refractivity (Wildman–Crippen MR) is 76.7 cm³/mol. The topological polar surface area (TPSA) is 35.5 Å². The van der Waals surface area contributed by atoms with Crippen LogP contribution in [0, 0.1) is 0 Å². The second kappa shape index (κ2) is 8.35. The van der Waals surface area contributed by atoms with Gasteiger partial charge in [0.1, 0.15) is 0 Å². The van der Waals surface area contributed by atoms with E-state index in [9.17, 15) is 5.11 Å². The average molecular weight is 260 g/mol. The maximum absolute atomic E-state index is 9.27. The van der Waals surface area contributed by atoms with Crippen molar-refractivity contribution in [2.75, 3.05) is 32.5 Å². The number of hydrogen-bond acceptors (Lipinski definition) is 4. The molecule has 1 aliphatic rings. The summed E-state index contributed by atoms with van der Waals surface area (Å²) in [5, 5.41) is 13.3. The molecular formula is C13H28N2OS. The van der Waals surface area contributed by atoms with E-state index in [2.05, 4.69) is 30.3 Å². The Bertz CT molecular complexity index is 192. The van der Waals surface area contributed by atoms with E-state index in [1.54, 1.807) is 11.8 Å². The Morgan fingerprint density at radius 3 is 2.53 bits per heavy atom. The van der Waals surface area contributed by atoms with Crippen LogP contribution >= 0.6 is 11.8 Å². The number of nitrogens with one attached hydrogen (secondary N) is 1. The molecule has 1 heterocycles. The van der Waals surface area contributed by atoms with Gasteiger partial charge in [0.15, 0.2) is 0 Å². The Morgan fingerprint density at radius 1 is 1.41 bits per heavy atom. The van der Waals surface area contributed by atoms with Crippen molar-refractivity contribution in [3.8, 4) is 0 Å². The van der Waals surface area contributed by atoms with Crippen molar-refractivity contribution >= 4 is 11.8 Å². The van der Waals surface area contributed by atoms with Crippen LogP contribution in [0.4, 0.5) is 0 Å². The minimum Gasteiger partial charge on any atom is -0.395 e. The first-order chi connectivity index (χ1) is 8.21. The number of hydrogen-bond donors (Lipinski definition) is 2. The van der Waals surface area contributed by atoms with Crippen LogP contribution in [0.1, 0.15) is 33.1 Å². The SMILES string of the molecule is CCCN1CCC(NC(C)C(CO)SC)CC1. The third-order valence-electron chi connectivity index (χ3n) is 3.67. The first-order valence-electron chi connectivity index (χ1n) is 6.83. The fraction of sp³-hybridized carbons (Fsp3) is 1.00. The molecule has 17 heavy (non-hydrogen) atoms. The molecule has 4 heteroatoms. The highest BCUT2D eigenvalue weighted by atomic mass is 32.2. The molecule has 0 saturated carbocycles. The van der Waals surface area contributed by atoms with Gasteiger partial charge < -0.3 is 15.3 Å². The van der Waals surface area contributed by atoms with E-state index in [0.717, 1.165) is 0 Å². The zero-order chi connectivity index (χ0) is 12.7. The van der Waals surface area contributed by atoms with E-state index in [-0.39, 0.29) is 6.61 Å². The van der Waals surface area contributed by atoms with Gasteiger partial charge in [-0.3, -0.25) is 0 Å². The lowest BCUT2D eigenvalue weighted by molar-refractivity contribution is 0.187. The van der Waals surface area contributed by atoms with E-state index in [0.29, 0.717) is 17.3 Å². The second-order valence-electron chi connectivity index (χ2n) is 5.03. The Kier molecular flexibility index (Phi) is 7.51. The standard InChI is InChI=1S/C13H28N2OS/c1-4-7-15-8-5-12(6-9-15)14-11(2)13(10-16)17-3/h11-14,16H,4-10H2,1-3H3. The number of aliphatic hydroxyl groups excluding tert-OH is 1. The maximum atomic E-state index is 9.27. The maximum Gasteiger partial charge on any atom is 0.0564 e. The van der Waals surface area contributed by atoms with Gasteiger partial charge >= 0.3 is 0 Å². The Hall–Kier alpha value is 0.230. The number of thioether (sulfide) groups is 1. The van der Waals surface area contributed by atoms with Crippen LogP contribution in [0.15, 0.2) is 0 Å². The molecule has 0 bridgehead atoms. The molecule has 1 aliphatic heterocycles. The summed E-state index contributed by atoms with van der Waals surface area (Å²) in [6.45, 7) is 8.39. The third-order valence-corrected chi connectivity index (χ3v) is 4.83. The molecule has 3 nitrogen and oxygen atoms in total. The molecule has 0 aliphatic carbocycles. The van der Waals surface area contributed by atoms with E-state index >= 15 is 0 Å². The summed E-state index contributed by atoms with van der Waals surface area (Å²) in [5.41, 5.74) is 0. The van der Waals surface area contributed by atoms with Crippen molar-refractivity contribution in [1.82, 2.24) is 10.2 Å². The van der Waals surface area contributed by atoms with Gasteiger partial charge in [-0.25, -0.2) is 0 Å². The molecule has 0 aromatic heterocycles. The van der Waals surface area contributed by atoms with Crippen molar-refractivity contribution in [1.29, 1.82) is 0 Å². The summed E-state index contributed by atoms with van der Waals surface area (Å²) >= 11 is 1.75. The summed E-state index contributed by atoms with van der Waals surface area (Å²) in [4.78, 5) is 2.56. The Balaban J connectivity index is 2.25. The molecular weight excluding hydrogens is 232 g/mol. The van der Waals surface area contributed by atoms with Crippen molar-refractivity contribution in [2.24, 2.45) is 0 Å². The van der Waals surface area contributed by atoms with Gasteiger partial charge in [0.05, 0.1) is 6.61 Å². The van der Waals surface area contributed by atoms with Crippen molar-refractivity contribution in [3.63, 3.8) is 0 Å². The van der Waals surface area contributed by atoms with E-state index in [1.807, 2.05) is 0 Å². The Labute approximate surface area is 110 Å². The van der Waals surface area contributed by atoms with Gasteiger partial charge in [0.25, 0.3) is 0 Å². The number of nitrogens with zero attached hydrogens (tertiary/aromatic N) is 1. The molecule has 0 spiro atoms. The van der Waals surface area contributed by atoms with Crippen LogP contribution < -0.4 is 5.32 Å². The average Bonchev–Trinajstić information content (AvgIpc) is 2.33. The van der Waals surface area contributed by atoms with Crippen LogP contribution in [-0.4, -0.2) is 59.8 Å². The molecule has 0 radical (unpaired) electrons. The summed E-state index contributed by atoms with van der Waals surface area (Å²) in [6, 6.07) is 1.04. The summed E-state index contributed by atoms with van der Waals surface area (Å²) in [5.74, 6) is 0. The van der Waals surface area contributed by atoms with Gasteiger partial charge in [-0.1, -0.05) is 6.92 Å². The summed E-state index contributed by atoms with van der Waals surface area (Å²) < 4.78 is 0. The molecule has 0 amide bonds. The highest BCUT2D eigenvalue weighted by Crippen LogP contribution is 2.15. The minimum absolute atomic E-state index is 0.268. The van der Waals surface area contributed by atoms with E-state index in [1.165, 1.54) is 38.9 Å². The van der Waals surface area contributed by atoms with Crippen LogP contribution in [-0.2, 0) is 0 Å². The quantitative estimate of drug-likeness (QED) is 0.728. The zero-order valence-corrected chi connectivity index (χ0v) is 12.3. The number of rotatable bonds is 7. The molecule has 2 atom stereocenters. The zero-order valence-electron chi connectivity index (χ0n) is 11.5. The fourth-order valence-electron chi connectivity index (χ4n) is 2.56. The highest BCUT2D eigenvalue weighted by molar-refractivity contribution is 7.99. The smallest absolute Gasteiger partial charge is 0.0564 e. The predicted octanol–water partition coefficient (Wildman–Crippen LogP) is 1.56. The molecule has 0 aromatic carbocycles. The Morgan fingerprint density at radius 2 is 2.06 bits per heavy atom. The number of likely N-dealkylation sites (tertiary alicyclic amines) is 1. The second-order valence-corrected chi connectivity index (χ2v) is 6.10. The lowest BCUT2D eigenvalue weighted by atomic mass is 10.0. The van der Waals surface area contributed by atoms with Gasteiger partial charge in [0, 0.05) is 17.3 Å². The van der Waals surface area contributed by atoms with Crippen LogP contribution in [0.3, 0.4) is 0 Å². The third kappa shape index (κ3) is 5.16. The highest BCUT2D eigenvalue weighted by Gasteiger charge is 2.22. The first-order valence-corrected chi connectivity index (χ1v) is 8.12. The first kappa shape index (κ1) is 15.3. The normalized spacial score (nSPS) is 22.6. The van der Waals surface area contributed by atoms with Crippen LogP contribution in [0.2, 0.25) is 0 Å². The molecule has 2 N–H and O–H groups in total. The van der Waals surface area contributed by atoms with E-state index in [4.69, 9.17) is 0 Å². The molecule has 2 unspecified atom stereocenters. The largest absolute Gasteiger partial charge is 0.395 e. The lowest BCUT2D eigenvalue weighted by Crippen LogP contribution is -2.48. The summed E-state index contributed by atoms with van der Waals surface area (Å²) in [6.07, 6.45) is 5.82. The van der Waals surface area contributed by atoms with Gasteiger partial charge in [-0.2, -0.15) is 11.8 Å².